The minimum absolute atomic E-state index is 0.138. The van der Waals surface area contributed by atoms with Crippen LogP contribution in [0.25, 0.3) is 0 Å². The summed E-state index contributed by atoms with van der Waals surface area (Å²) in [7, 11) is 1.57. The fourth-order valence-electron chi connectivity index (χ4n) is 2.40. The SMILES string of the molecule is COCC(C)Oc1cc(C(=O)Nc2nc(C)cs2)cc(Oc2ccc(F)cc2)n1. The van der Waals surface area contributed by atoms with Gasteiger partial charge in [-0.1, -0.05) is 0 Å². The molecule has 0 aliphatic rings. The molecule has 1 amide bonds. The topological polar surface area (TPSA) is 82.6 Å². The molecule has 2 aromatic heterocycles. The first kappa shape index (κ1) is 20.7. The van der Waals surface area contributed by atoms with Crippen LogP contribution in [-0.2, 0) is 4.74 Å². The van der Waals surface area contributed by atoms with E-state index < -0.39 is 0 Å². The van der Waals surface area contributed by atoms with E-state index in [-0.39, 0.29) is 35.2 Å². The number of carbonyl (C=O) groups excluding carboxylic acids is 1. The van der Waals surface area contributed by atoms with Crippen LogP contribution in [0.4, 0.5) is 9.52 Å². The van der Waals surface area contributed by atoms with E-state index in [1.165, 1.54) is 47.7 Å². The van der Waals surface area contributed by atoms with Gasteiger partial charge in [-0.05, 0) is 38.1 Å². The summed E-state index contributed by atoms with van der Waals surface area (Å²) in [6.45, 7) is 4.01. The van der Waals surface area contributed by atoms with Gasteiger partial charge in [-0.2, -0.15) is 4.98 Å². The van der Waals surface area contributed by atoms with Crippen LogP contribution in [0.15, 0.2) is 41.8 Å². The van der Waals surface area contributed by atoms with Gasteiger partial charge in [0.2, 0.25) is 11.8 Å². The van der Waals surface area contributed by atoms with Crippen molar-refractivity contribution < 1.29 is 23.4 Å². The highest BCUT2D eigenvalue weighted by atomic mass is 32.1. The average Bonchev–Trinajstić information content (AvgIpc) is 3.08. The second-order valence-corrected chi connectivity index (χ2v) is 7.08. The highest BCUT2D eigenvalue weighted by molar-refractivity contribution is 7.13. The lowest BCUT2D eigenvalue weighted by Crippen LogP contribution is -2.19. The Balaban J connectivity index is 1.86. The van der Waals surface area contributed by atoms with Gasteiger partial charge in [-0.15, -0.1) is 11.3 Å². The Bertz CT molecular complexity index is 978. The second kappa shape index (κ2) is 9.44. The minimum atomic E-state index is -0.380. The van der Waals surface area contributed by atoms with Crippen LogP contribution in [0.1, 0.15) is 23.0 Å². The molecule has 3 rings (SSSR count). The first-order valence-electron chi connectivity index (χ1n) is 8.77. The lowest BCUT2D eigenvalue weighted by Gasteiger charge is -2.15. The third-order valence-corrected chi connectivity index (χ3v) is 4.51. The van der Waals surface area contributed by atoms with E-state index in [0.717, 1.165) is 5.69 Å². The van der Waals surface area contributed by atoms with Crippen LogP contribution >= 0.6 is 11.3 Å². The standard InChI is InChI=1S/C20H20FN3O4S/c1-12-11-29-20(22-12)24-19(25)14-8-17(27-13(2)10-26-3)23-18(9-14)28-16-6-4-15(21)5-7-16/h4-9,11,13H,10H2,1-3H3,(H,22,24,25). The molecule has 0 saturated heterocycles. The van der Waals surface area contributed by atoms with Gasteiger partial charge in [-0.25, -0.2) is 9.37 Å². The number of aryl methyl sites for hydroxylation is 1. The molecule has 152 valence electrons. The Morgan fingerprint density at radius 3 is 2.59 bits per heavy atom. The molecule has 0 aliphatic heterocycles. The summed E-state index contributed by atoms with van der Waals surface area (Å²) in [4.78, 5) is 21.2. The summed E-state index contributed by atoms with van der Waals surface area (Å²) in [6.07, 6.45) is -0.286. The molecule has 0 bridgehead atoms. The van der Waals surface area contributed by atoms with E-state index in [9.17, 15) is 9.18 Å². The number of carbonyl (C=O) groups is 1. The number of aromatic nitrogens is 2. The number of amides is 1. The first-order chi connectivity index (χ1) is 13.9. The van der Waals surface area contributed by atoms with Crippen molar-refractivity contribution >= 4 is 22.4 Å². The maximum Gasteiger partial charge on any atom is 0.257 e. The highest BCUT2D eigenvalue weighted by Gasteiger charge is 2.15. The zero-order valence-corrected chi connectivity index (χ0v) is 17.0. The van der Waals surface area contributed by atoms with Crippen molar-refractivity contribution in [2.45, 2.75) is 20.0 Å². The zero-order chi connectivity index (χ0) is 20.8. The molecular weight excluding hydrogens is 397 g/mol. The highest BCUT2D eigenvalue weighted by Crippen LogP contribution is 2.25. The number of halogens is 1. The maximum absolute atomic E-state index is 13.1. The molecule has 7 nitrogen and oxygen atoms in total. The molecule has 0 aliphatic carbocycles. The molecule has 1 unspecified atom stereocenters. The van der Waals surface area contributed by atoms with E-state index >= 15 is 0 Å². The van der Waals surface area contributed by atoms with Crippen LogP contribution in [-0.4, -0.2) is 35.7 Å². The molecule has 1 N–H and O–H groups in total. The molecule has 0 fully saturated rings. The van der Waals surface area contributed by atoms with Crippen LogP contribution in [0.3, 0.4) is 0 Å². The van der Waals surface area contributed by atoms with Crippen molar-refractivity contribution in [3.63, 3.8) is 0 Å². The number of rotatable bonds is 8. The number of hydrogen-bond donors (Lipinski definition) is 1. The van der Waals surface area contributed by atoms with Gasteiger partial charge in [0.05, 0.1) is 17.9 Å². The summed E-state index contributed by atoms with van der Waals surface area (Å²) in [5.74, 6) is -0.0405. The van der Waals surface area contributed by atoms with E-state index in [1.54, 1.807) is 7.11 Å². The predicted molar refractivity (Wildman–Crippen MR) is 107 cm³/mol. The summed E-state index contributed by atoms with van der Waals surface area (Å²) >= 11 is 1.33. The molecule has 1 atom stereocenters. The fraction of sp³-hybridized carbons (Fsp3) is 0.250. The minimum Gasteiger partial charge on any atom is -0.472 e. The Morgan fingerprint density at radius 1 is 1.21 bits per heavy atom. The van der Waals surface area contributed by atoms with Gasteiger partial charge in [0.1, 0.15) is 17.7 Å². The smallest absolute Gasteiger partial charge is 0.257 e. The molecular formula is C20H20FN3O4S. The Morgan fingerprint density at radius 2 is 1.93 bits per heavy atom. The normalized spacial score (nSPS) is 11.7. The van der Waals surface area contributed by atoms with E-state index in [0.29, 0.717) is 17.5 Å². The van der Waals surface area contributed by atoms with E-state index in [4.69, 9.17) is 14.2 Å². The summed E-state index contributed by atoms with van der Waals surface area (Å²) < 4.78 is 29.6. The van der Waals surface area contributed by atoms with Gasteiger partial charge < -0.3 is 14.2 Å². The van der Waals surface area contributed by atoms with Crippen molar-refractivity contribution in [3.8, 4) is 17.5 Å². The first-order valence-corrected chi connectivity index (χ1v) is 9.65. The quantitative estimate of drug-likeness (QED) is 0.583. The largest absolute Gasteiger partial charge is 0.472 e. The number of pyridine rings is 1. The van der Waals surface area contributed by atoms with Crippen LogP contribution < -0.4 is 14.8 Å². The molecule has 1 aromatic carbocycles. The number of ether oxygens (including phenoxy) is 3. The molecule has 9 heteroatoms. The number of anilines is 1. The van der Waals surface area contributed by atoms with Crippen LogP contribution in [0, 0.1) is 12.7 Å². The maximum atomic E-state index is 13.1. The third-order valence-electron chi connectivity index (χ3n) is 3.64. The van der Waals surface area contributed by atoms with Crippen molar-refractivity contribution in [3.05, 3.63) is 58.9 Å². The Hall–Kier alpha value is -3.04. The Kier molecular flexibility index (Phi) is 6.73. The monoisotopic (exact) mass is 417 g/mol. The van der Waals surface area contributed by atoms with Crippen molar-refractivity contribution in [1.29, 1.82) is 0 Å². The molecule has 3 aromatic rings. The molecule has 2 heterocycles. The number of benzene rings is 1. The second-order valence-electron chi connectivity index (χ2n) is 6.22. The molecule has 0 spiro atoms. The lowest BCUT2D eigenvalue weighted by atomic mass is 10.2. The van der Waals surface area contributed by atoms with Crippen molar-refractivity contribution in [2.24, 2.45) is 0 Å². The van der Waals surface area contributed by atoms with E-state index in [2.05, 4.69) is 15.3 Å². The van der Waals surface area contributed by atoms with Gasteiger partial charge in [-0.3, -0.25) is 10.1 Å². The summed E-state index contributed by atoms with van der Waals surface area (Å²) in [5, 5.41) is 5.06. The van der Waals surface area contributed by atoms with Crippen molar-refractivity contribution in [1.82, 2.24) is 9.97 Å². The number of hydrogen-bond acceptors (Lipinski definition) is 7. The number of nitrogens with zero attached hydrogens (tertiary/aromatic N) is 2. The molecule has 0 radical (unpaired) electrons. The number of nitrogens with one attached hydrogen (secondary N) is 1. The fourth-order valence-corrected chi connectivity index (χ4v) is 3.09. The lowest BCUT2D eigenvalue weighted by molar-refractivity contribution is 0.0882. The molecule has 29 heavy (non-hydrogen) atoms. The van der Waals surface area contributed by atoms with E-state index in [1.807, 2.05) is 19.2 Å². The van der Waals surface area contributed by atoms with Gasteiger partial charge in [0.15, 0.2) is 5.13 Å². The summed E-state index contributed by atoms with van der Waals surface area (Å²) in [6, 6.07) is 8.47. The predicted octanol–water partition coefficient (Wildman–Crippen LogP) is 4.44. The summed E-state index contributed by atoms with van der Waals surface area (Å²) in [5.41, 5.74) is 1.10. The van der Waals surface area contributed by atoms with Gasteiger partial charge in [0, 0.05) is 24.6 Å². The van der Waals surface area contributed by atoms with Crippen molar-refractivity contribution in [2.75, 3.05) is 19.0 Å². The van der Waals surface area contributed by atoms with Gasteiger partial charge in [0.25, 0.3) is 5.91 Å². The van der Waals surface area contributed by atoms with Crippen LogP contribution in [0.5, 0.6) is 17.5 Å². The number of methoxy groups -OCH3 is 1. The third kappa shape index (κ3) is 5.97. The molecule has 0 saturated carbocycles. The zero-order valence-electron chi connectivity index (χ0n) is 16.1. The van der Waals surface area contributed by atoms with Crippen LogP contribution in [0.2, 0.25) is 0 Å². The Labute approximate surface area is 171 Å². The van der Waals surface area contributed by atoms with Gasteiger partial charge >= 0.3 is 0 Å². The number of thiazole rings is 1. The average molecular weight is 417 g/mol.